The molecule has 0 saturated carbocycles. The van der Waals surface area contributed by atoms with Gasteiger partial charge in [0.25, 0.3) is 0 Å². The van der Waals surface area contributed by atoms with Gasteiger partial charge in [0.15, 0.2) is 9.76 Å². The summed E-state index contributed by atoms with van der Waals surface area (Å²) in [5.74, 6) is 0. The number of hydrogen-bond acceptors (Lipinski definition) is 1. The second kappa shape index (κ2) is 7.14. The second-order valence-electron chi connectivity index (χ2n) is 4.45. The highest BCUT2D eigenvalue weighted by Crippen LogP contribution is 2.23. The van der Waals surface area contributed by atoms with Crippen LogP contribution >= 0.6 is 0 Å². The van der Waals surface area contributed by atoms with Crippen molar-refractivity contribution in [2.45, 2.75) is 18.9 Å². The van der Waals surface area contributed by atoms with Gasteiger partial charge in [-0.2, -0.15) is 0 Å². The van der Waals surface area contributed by atoms with Gasteiger partial charge in [-0.1, -0.05) is 67.6 Å². The Morgan fingerprint density at radius 1 is 0.889 bits per heavy atom. The van der Waals surface area contributed by atoms with Gasteiger partial charge in [-0.05, 0) is 17.5 Å². The molecular formula is C16H20OSi. The van der Waals surface area contributed by atoms with E-state index >= 15 is 0 Å². The lowest BCUT2D eigenvalue weighted by Gasteiger charge is -2.17. The van der Waals surface area contributed by atoms with Gasteiger partial charge in [-0.3, -0.25) is 0 Å². The van der Waals surface area contributed by atoms with Crippen LogP contribution in [0.15, 0.2) is 60.7 Å². The molecule has 0 heterocycles. The van der Waals surface area contributed by atoms with Crippen LogP contribution in [0, 0.1) is 0 Å². The van der Waals surface area contributed by atoms with Crippen molar-refractivity contribution in [3.8, 4) is 0 Å². The lowest BCUT2D eigenvalue weighted by atomic mass is 10.0. The lowest BCUT2D eigenvalue weighted by molar-refractivity contribution is 0.331. The predicted molar refractivity (Wildman–Crippen MR) is 79.5 cm³/mol. The third-order valence-electron chi connectivity index (χ3n) is 3.04. The Morgan fingerprint density at radius 3 is 1.83 bits per heavy atom. The molecule has 0 atom stereocenters. The zero-order chi connectivity index (χ0) is 12.6. The summed E-state index contributed by atoms with van der Waals surface area (Å²) < 4.78 is 5.89. The third kappa shape index (κ3) is 3.55. The Kier molecular flexibility index (Phi) is 5.18. The Bertz CT molecular complexity index is 402. The van der Waals surface area contributed by atoms with Crippen molar-refractivity contribution in [3.05, 3.63) is 71.8 Å². The highest BCUT2D eigenvalue weighted by molar-refractivity contribution is 6.31. The molecule has 0 spiro atoms. The monoisotopic (exact) mass is 256 g/mol. The minimum Gasteiger partial charge on any atom is -0.423 e. The fourth-order valence-corrected chi connectivity index (χ4v) is 3.72. The maximum absolute atomic E-state index is 5.89. The average Bonchev–Trinajstić information content (AvgIpc) is 2.46. The van der Waals surface area contributed by atoms with Crippen LogP contribution in [0.2, 0.25) is 0 Å². The minimum atomic E-state index is -0.582. The molecular weight excluding hydrogens is 236 g/mol. The van der Waals surface area contributed by atoms with E-state index < -0.39 is 9.76 Å². The third-order valence-corrected chi connectivity index (χ3v) is 4.84. The van der Waals surface area contributed by atoms with E-state index in [1.54, 1.807) is 0 Å². The number of rotatable bonds is 6. The molecule has 0 saturated heterocycles. The van der Waals surface area contributed by atoms with Crippen molar-refractivity contribution in [1.82, 2.24) is 0 Å². The number of hydrogen-bond donors (Lipinski definition) is 0. The summed E-state index contributed by atoms with van der Waals surface area (Å²) in [5.41, 5.74) is 3.23. The van der Waals surface area contributed by atoms with Crippen molar-refractivity contribution >= 4 is 9.76 Å². The summed E-state index contributed by atoms with van der Waals surface area (Å²) >= 11 is 0. The van der Waals surface area contributed by atoms with Gasteiger partial charge >= 0.3 is 0 Å². The van der Waals surface area contributed by atoms with E-state index in [2.05, 4.69) is 67.6 Å². The molecule has 94 valence electrons. The van der Waals surface area contributed by atoms with E-state index in [9.17, 15) is 0 Å². The number of benzene rings is 2. The van der Waals surface area contributed by atoms with Crippen LogP contribution in [-0.2, 0) is 4.43 Å². The van der Waals surface area contributed by atoms with E-state index in [-0.39, 0.29) is 0 Å². The van der Waals surface area contributed by atoms with Crippen molar-refractivity contribution in [3.63, 3.8) is 0 Å². The summed E-state index contributed by atoms with van der Waals surface area (Å²) in [6, 6.07) is 21.4. The molecule has 0 radical (unpaired) electrons. The molecule has 0 N–H and O–H groups in total. The maximum atomic E-state index is 5.89. The van der Waals surface area contributed by atoms with Crippen molar-refractivity contribution in [1.29, 1.82) is 0 Å². The predicted octanol–water partition coefficient (Wildman–Crippen LogP) is 3.29. The topological polar surface area (TPSA) is 9.23 Å². The maximum Gasteiger partial charge on any atom is 0.173 e. The molecule has 0 amide bonds. The minimum absolute atomic E-state index is 0.471. The first-order chi connectivity index (χ1) is 8.92. The van der Waals surface area contributed by atoms with E-state index in [1.807, 2.05) is 0 Å². The molecule has 1 nitrogen and oxygen atoms in total. The first-order valence-corrected chi connectivity index (χ1v) is 7.99. The zero-order valence-corrected chi connectivity index (χ0v) is 12.3. The van der Waals surface area contributed by atoms with Gasteiger partial charge in [-0.25, -0.2) is 0 Å². The zero-order valence-electron chi connectivity index (χ0n) is 10.9. The standard InChI is InChI=1S/C16H20OSi/c1-2-13-17-18-16(14-9-5-3-6-10-14)15-11-7-4-8-12-15/h3-12,16H,2,13,18H2,1H3. The van der Waals surface area contributed by atoms with E-state index in [4.69, 9.17) is 4.43 Å². The van der Waals surface area contributed by atoms with Crippen LogP contribution in [-0.4, -0.2) is 16.4 Å². The van der Waals surface area contributed by atoms with Gasteiger partial charge < -0.3 is 4.43 Å². The summed E-state index contributed by atoms with van der Waals surface area (Å²) in [4.78, 5) is 0. The average molecular weight is 256 g/mol. The fourth-order valence-electron chi connectivity index (χ4n) is 2.10. The van der Waals surface area contributed by atoms with Gasteiger partial charge in [0, 0.05) is 12.1 Å². The largest absolute Gasteiger partial charge is 0.423 e. The summed E-state index contributed by atoms with van der Waals surface area (Å²) in [6.45, 7) is 3.05. The van der Waals surface area contributed by atoms with Crippen LogP contribution in [0.4, 0.5) is 0 Å². The first-order valence-electron chi connectivity index (χ1n) is 6.59. The molecule has 2 rings (SSSR count). The van der Waals surface area contributed by atoms with Crippen LogP contribution in [0.3, 0.4) is 0 Å². The van der Waals surface area contributed by atoms with Crippen LogP contribution < -0.4 is 0 Å². The molecule has 2 aromatic carbocycles. The molecule has 0 unspecified atom stereocenters. The molecule has 0 aliphatic rings. The summed E-state index contributed by atoms with van der Waals surface area (Å²) in [7, 11) is -0.582. The van der Waals surface area contributed by atoms with Gasteiger partial charge in [0.05, 0.1) is 0 Å². The van der Waals surface area contributed by atoms with E-state index in [1.165, 1.54) is 11.1 Å². The molecule has 0 aliphatic carbocycles. The normalized spacial score (nSPS) is 11.4. The van der Waals surface area contributed by atoms with Crippen molar-refractivity contribution < 1.29 is 4.43 Å². The first kappa shape index (κ1) is 13.1. The summed E-state index contributed by atoms with van der Waals surface area (Å²) in [5, 5.41) is 0. The molecule has 2 aromatic rings. The summed E-state index contributed by atoms with van der Waals surface area (Å²) in [6.07, 6.45) is 1.10. The van der Waals surface area contributed by atoms with Crippen molar-refractivity contribution in [2.75, 3.05) is 6.61 Å². The fraction of sp³-hybridized carbons (Fsp3) is 0.250. The Labute approximate surface area is 112 Å². The lowest BCUT2D eigenvalue weighted by Crippen LogP contribution is -2.14. The Balaban J connectivity index is 2.18. The highest BCUT2D eigenvalue weighted by Gasteiger charge is 2.14. The van der Waals surface area contributed by atoms with E-state index in [0.717, 1.165) is 13.0 Å². The van der Waals surface area contributed by atoms with Gasteiger partial charge in [0.2, 0.25) is 0 Å². The second-order valence-corrected chi connectivity index (χ2v) is 6.01. The Morgan fingerprint density at radius 2 is 1.39 bits per heavy atom. The van der Waals surface area contributed by atoms with Crippen molar-refractivity contribution in [2.24, 2.45) is 0 Å². The molecule has 0 aliphatic heterocycles. The van der Waals surface area contributed by atoms with Gasteiger partial charge in [0.1, 0.15) is 0 Å². The molecule has 2 heteroatoms. The molecule has 18 heavy (non-hydrogen) atoms. The van der Waals surface area contributed by atoms with Gasteiger partial charge in [-0.15, -0.1) is 0 Å². The quantitative estimate of drug-likeness (QED) is 0.569. The highest BCUT2D eigenvalue weighted by atomic mass is 28.2. The van der Waals surface area contributed by atoms with Crippen LogP contribution in [0.25, 0.3) is 0 Å². The van der Waals surface area contributed by atoms with Crippen LogP contribution in [0.1, 0.15) is 30.0 Å². The molecule has 0 fully saturated rings. The smallest absolute Gasteiger partial charge is 0.173 e. The Hall–Kier alpha value is -1.38. The SMILES string of the molecule is CCCO[SiH2]C(c1ccccc1)c1ccccc1. The van der Waals surface area contributed by atoms with E-state index in [0.29, 0.717) is 5.54 Å². The molecule has 0 bridgehead atoms. The molecule has 0 aromatic heterocycles. The van der Waals surface area contributed by atoms with Crippen LogP contribution in [0.5, 0.6) is 0 Å².